The molecule has 0 atom stereocenters. The number of carboxylic acid groups (broad SMARTS) is 1. The number of carbonyl (C=O) groups is 2. The first-order chi connectivity index (χ1) is 13.8. The molecule has 0 aromatic heterocycles. The number of hydrogen-bond acceptors (Lipinski definition) is 4. The molecule has 0 saturated heterocycles. The van der Waals surface area contributed by atoms with E-state index in [0.29, 0.717) is 5.02 Å². The van der Waals surface area contributed by atoms with Crippen molar-refractivity contribution in [2.24, 2.45) is 0 Å². The number of carbonyl (C=O) groups excluding carboxylic acids is 1. The third-order valence-electron chi connectivity index (χ3n) is 3.92. The van der Waals surface area contributed by atoms with E-state index in [-0.39, 0.29) is 27.4 Å². The number of anilines is 2. The molecule has 9 heteroatoms. The second kappa shape index (κ2) is 8.34. The summed E-state index contributed by atoms with van der Waals surface area (Å²) in [6, 6.07) is 17.4. The van der Waals surface area contributed by atoms with Gasteiger partial charge in [-0.2, -0.15) is 0 Å². The monoisotopic (exact) mass is 430 g/mol. The van der Waals surface area contributed by atoms with Crippen LogP contribution in [-0.4, -0.2) is 25.4 Å². The van der Waals surface area contributed by atoms with Crippen LogP contribution in [0.3, 0.4) is 0 Å². The molecular weight excluding hydrogens is 416 g/mol. The maximum atomic E-state index is 12.6. The number of hydrogen-bond donors (Lipinski definition) is 3. The third kappa shape index (κ3) is 4.92. The Bertz CT molecular complexity index is 1160. The molecule has 1 amide bonds. The number of amides is 1. The van der Waals surface area contributed by atoms with Gasteiger partial charge in [0, 0.05) is 10.6 Å². The van der Waals surface area contributed by atoms with Crippen LogP contribution in [-0.2, 0) is 10.0 Å². The molecule has 0 aliphatic rings. The summed E-state index contributed by atoms with van der Waals surface area (Å²) < 4.78 is 27.6. The van der Waals surface area contributed by atoms with Gasteiger partial charge in [-0.1, -0.05) is 29.8 Å². The normalized spacial score (nSPS) is 10.9. The Labute approximate surface area is 172 Å². The lowest BCUT2D eigenvalue weighted by molar-refractivity contribution is 0.0696. The van der Waals surface area contributed by atoms with Crippen molar-refractivity contribution >= 4 is 44.9 Å². The number of rotatable bonds is 6. The van der Waals surface area contributed by atoms with Gasteiger partial charge in [0.15, 0.2) is 0 Å². The molecule has 0 radical (unpaired) electrons. The molecule has 3 N–H and O–H groups in total. The van der Waals surface area contributed by atoms with Gasteiger partial charge in [0.1, 0.15) is 0 Å². The first-order valence-corrected chi connectivity index (χ1v) is 10.1. The zero-order valence-electron chi connectivity index (χ0n) is 14.8. The summed E-state index contributed by atoms with van der Waals surface area (Å²) in [5.74, 6) is -1.66. The second-order valence-electron chi connectivity index (χ2n) is 5.95. The van der Waals surface area contributed by atoms with Gasteiger partial charge >= 0.3 is 5.97 Å². The van der Waals surface area contributed by atoms with Crippen LogP contribution in [0.1, 0.15) is 20.7 Å². The van der Waals surface area contributed by atoms with Gasteiger partial charge in [-0.25, -0.2) is 13.2 Å². The Morgan fingerprint density at radius 2 is 1.45 bits per heavy atom. The van der Waals surface area contributed by atoms with Crippen molar-refractivity contribution in [3.63, 3.8) is 0 Å². The minimum absolute atomic E-state index is 0.0422. The van der Waals surface area contributed by atoms with E-state index in [1.165, 1.54) is 54.6 Å². The highest BCUT2D eigenvalue weighted by molar-refractivity contribution is 7.92. The first-order valence-electron chi connectivity index (χ1n) is 8.28. The molecule has 7 nitrogen and oxygen atoms in total. The highest BCUT2D eigenvalue weighted by Gasteiger charge is 2.17. The minimum Gasteiger partial charge on any atom is -0.478 e. The highest BCUT2D eigenvalue weighted by Crippen LogP contribution is 2.28. The van der Waals surface area contributed by atoms with E-state index in [1.54, 1.807) is 18.2 Å². The lowest BCUT2D eigenvalue weighted by Crippen LogP contribution is -2.17. The van der Waals surface area contributed by atoms with Crippen molar-refractivity contribution in [2.75, 3.05) is 10.0 Å². The fourth-order valence-electron chi connectivity index (χ4n) is 2.47. The standard InChI is InChI=1S/C20H15ClN2O5S/c21-15-10-11-17(23-29(27,28)16-4-2-1-3-5-16)18(12-15)22-19(24)13-6-8-14(9-7-13)20(25)26/h1-12,23H,(H,22,24)(H,25,26). The van der Waals surface area contributed by atoms with Gasteiger partial charge in [0.2, 0.25) is 0 Å². The van der Waals surface area contributed by atoms with E-state index < -0.39 is 21.9 Å². The van der Waals surface area contributed by atoms with Crippen molar-refractivity contribution in [3.05, 3.63) is 88.9 Å². The molecule has 3 aromatic carbocycles. The minimum atomic E-state index is -3.87. The third-order valence-corrected chi connectivity index (χ3v) is 5.54. The molecule has 3 rings (SSSR count). The maximum absolute atomic E-state index is 12.6. The molecule has 0 saturated carbocycles. The summed E-state index contributed by atoms with van der Waals surface area (Å²) in [5, 5.41) is 11.8. The molecule has 0 spiro atoms. The average molecular weight is 431 g/mol. The van der Waals surface area contributed by atoms with Crippen LogP contribution >= 0.6 is 11.6 Å². The van der Waals surface area contributed by atoms with Crippen molar-refractivity contribution in [2.45, 2.75) is 4.90 Å². The van der Waals surface area contributed by atoms with Crippen LogP contribution in [0, 0.1) is 0 Å². The topological polar surface area (TPSA) is 113 Å². The molecule has 0 heterocycles. The quantitative estimate of drug-likeness (QED) is 0.545. The summed E-state index contributed by atoms with van der Waals surface area (Å²) in [6.45, 7) is 0. The lowest BCUT2D eigenvalue weighted by atomic mass is 10.1. The molecule has 0 aliphatic carbocycles. The predicted octanol–water partition coefficient (Wildman–Crippen LogP) is 4.09. The molecular formula is C20H15ClN2O5S. The van der Waals surface area contributed by atoms with Gasteiger partial charge < -0.3 is 10.4 Å². The molecule has 148 valence electrons. The van der Waals surface area contributed by atoms with Gasteiger partial charge in [-0.15, -0.1) is 0 Å². The predicted molar refractivity (Wildman–Crippen MR) is 110 cm³/mol. The largest absolute Gasteiger partial charge is 0.478 e. The van der Waals surface area contributed by atoms with E-state index >= 15 is 0 Å². The number of aromatic carboxylic acids is 1. The van der Waals surface area contributed by atoms with Gasteiger partial charge in [-0.05, 0) is 54.6 Å². The summed E-state index contributed by atoms with van der Waals surface area (Å²) in [4.78, 5) is 23.5. The van der Waals surface area contributed by atoms with Crippen LogP contribution in [0.15, 0.2) is 77.7 Å². The van der Waals surface area contributed by atoms with Crippen molar-refractivity contribution in [1.29, 1.82) is 0 Å². The van der Waals surface area contributed by atoms with Crippen molar-refractivity contribution in [1.82, 2.24) is 0 Å². The summed E-state index contributed by atoms with van der Waals surface area (Å²) >= 11 is 6.00. The highest BCUT2D eigenvalue weighted by atomic mass is 35.5. The SMILES string of the molecule is O=C(O)c1ccc(C(=O)Nc2cc(Cl)ccc2NS(=O)(=O)c2ccccc2)cc1. The van der Waals surface area contributed by atoms with E-state index in [1.807, 2.05) is 0 Å². The Kier molecular flexibility index (Phi) is 5.86. The van der Waals surface area contributed by atoms with Crippen molar-refractivity contribution < 1.29 is 23.1 Å². The van der Waals surface area contributed by atoms with Gasteiger partial charge in [0.25, 0.3) is 15.9 Å². The number of carboxylic acids is 1. The zero-order valence-corrected chi connectivity index (χ0v) is 16.4. The van der Waals surface area contributed by atoms with Gasteiger partial charge in [-0.3, -0.25) is 9.52 Å². The summed E-state index contributed by atoms with van der Waals surface area (Å²) in [7, 11) is -3.87. The maximum Gasteiger partial charge on any atom is 0.335 e. The van der Waals surface area contributed by atoms with Crippen LogP contribution in [0.5, 0.6) is 0 Å². The number of benzene rings is 3. The Balaban J connectivity index is 1.87. The van der Waals surface area contributed by atoms with E-state index in [2.05, 4.69) is 10.0 Å². The van der Waals surface area contributed by atoms with E-state index in [4.69, 9.17) is 16.7 Å². The molecule has 0 aliphatic heterocycles. The fourth-order valence-corrected chi connectivity index (χ4v) is 3.74. The number of sulfonamides is 1. The Morgan fingerprint density at radius 3 is 2.07 bits per heavy atom. The van der Waals surface area contributed by atoms with E-state index in [9.17, 15) is 18.0 Å². The van der Waals surface area contributed by atoms with Gasteiger partial charge in [0.05, 0.1) is 21.8 Å². The number of halogens is 1. The Hall–Kier alpha value is -3.36. The van der Waals surface area contributed by atoms with Crippen LogP contribution in [0.2, 0.25) is 5.02 Å². The lowest BCUT2D eigenvalue weighted by Gasteiger charge is -2.14. The summed E-state index contributed by atoms with van der Waals surface area (Å²) in [5.41, 5.74) is 0.533. The smallest absolute Gasteiger partial charge is 0.335 e. The zero-order chi connectivity index (χ0) is 21.0. The molecule has 0 bridgehead atoms. The van der Waals surface area contributed by atoms with Crippen LogP contribution < -0.4 is 10.0 Å². The molecule has 3 aromatic rings. The fraction of sp³-hybridized carbons (Fsp3) is 0. The summed E-state index contributed by atoms with van der Waals surface area (Å²) in [6.07, 6.45) is 0. The molecule has 0 unspecified atom stereocenters. The number of nitrogens with one attached hydrogen (secondary N) is 2. The van der Waals surface area contributed by atoms with Crippen LogP contribution in [0.25, 0.3) is 0 Å². The van der Waals surface area contributed by atoms with Crippen molar-refractivity contribution in [3.8, 4) is 0 Å². The Morgan fingerprint density at radius 1 is 0.828 bits per heavy atom. The average Bonchev–Trinajstić information content (AvgIpc) is 2.70. The molecule has 0 fully saturated rings. The van der Waals surface area contributed by atoms with E-state index in [0.717, 1.165) is 0 Å². The molecule has 29 heavy (non-hydrogen) atoms. The second-order valence-corrected chi connectivity index (χ2v) is 8.06. The van der Waals surface area contributed by atoms with Crippen LogP contribution in [0.4, 0.5) is 11.4 Å². The first kappa shape index (κ1) is 20.4.